The molecule has 0 bridgehead atoms. The third-order valence-corrected chi connectivity index (χ3v) is 3.16. The Hall–Kier alpha value is 0.200. The highest BCUT2D eigenvalue weighted by Gasteiger charge is 2.00. The van der Waals surface area contributed by atoms with Gasteiger partial charge in [0.15, 0.2) is 4.34 Å². The van der Waals surface area contributed by atoms with Gasteiger partial charge in [-0.05, 0) is 6.42 Å². The first-order chi connectivity index (χ1) is 4.86. The molecule has 1 heterocycles. The van der Waals surface area contributed by atoms with E-state index >= 15 is 0 Å². The van der Waals surface area contributed by atoms with Crippen molar-refractivity contribution in [1.82, 2.24) is 10.2 Å². The summed E-state index contributed by atoms with van der Waals surface area (Å²) in [6.07, 6.45) is 0.959. The summed E-state index contributed by atoms with van der Waals surface area (Å²) >= 11 is 8.63. The fourth-order valence-electron chi connectivity index (χ4n) is 0.486. The summed E-state index contributed by atoms with van der Waals surface area (Å²) in [6, 6.07) is 0. The van der Waals surface area contributed by atoms with Gasteiger partial charge in [0.25, 0.3) is 0 Å². The second kappa shape index (κ2) is 4.16. The van der Waals surface area contributed by atoms with E-state index < -0.39 is 0 Å². The molecular weight excluding hydrogens is 188 g/mol. The van der Waals surface area contributed by atoms with Gasteiger partial charge in [0.05, 0.1) is 5.21 Å². The van der Waals surface area contributed by atoms with Crippen molar-refractivity contribution in [1.29, 1.82) is 0 Å². The molecule has 0 aromatic carbocycles. The third kappa shape index (κ3) is 2.11. The first kappa shape index (κ1) is 8.30. The lowest BCUT2D eigenvalue weighted by atomic mass is 10.5. The van der Waals surface area contributed by atoms with E-state index in [9.17, 15) is 0 Å². The maximum atomic E-state index is 5.49. The summed E-state index contributed by atoms with van der Waals surface area (Å²) in [5, 5.41) is 9.50. The molecule has 56 valence electrons. The Morgan fingerprint density at radius 1 is 1.60 bits per heavy atom. The van der Waals surface area contributed by atoms with Crippen molar-refractivity contribution in [3.05, 3.63) is 5.01 Å². The largest absolute Gasteiger partial charge is 0.175 e. The monoisotopic (exact) mass is 194 g/mol. The summed E-state index contributed by atoms with van der Waals surface area (Å²) < 4.78 is 0.965. The second-order valence-corrected chi connectivity index (χ2v) is 4.44. The van der Waals surface area contributed by atoms with Crippen LogP contribution >= 0.6 is 34.7 Å². The van der Waals surface area contributed by atoms with Crippen LogP contribution in [0.4, 0.5) is 0 Å². The number of hydrogen-bond donors (Lipinski definition) is 0. The van der Waals surface area contributed by atoms with E-state index in [0.29, 0.717) is 5.21 Å². The van der Waals surface area contributed by atoms with Gasteiger partial charge in [0.2, 0.25) is 0 Å². The molecule has 0 unspecified atom stereocenters. The maximum absolute atomic E-state index is 5.49. The molecular formula is C5H7ClN2S2. The maximum Gasteiger partial charge on any atom is 0.175 e. The highest BCUT2D eigenvalue weighted by molar-refractivity contribution is 8.02. The quantitative estimate of drug-likeness (QED) is 0.546. The van der Waals surface area contributed by atoms with Gasteiger partial charge in [0.1, 0.15) is 5.01 Å². The van der Waals surface area contributed by atoms with Gasteiger partial charge in [0, 0.05) is 0 Å². The van der Waals surface area contributed by atoms with Crippen molar-refractivity contribution in [2.45, 2.75) is 17.7 Å². The first-order valence-corrected chi connectivity index (χ1v) is 5.21. The standard InChI is InChI=1S/C5H7ClN2S2/c1-2-4-7-8-5(10-4)9-3-6/h2-3H2,1H3. The Balaban J connectivity index is 2.59. The smallest absolute Gasteiger partial charge is 0.143 e. The predicted molar refractivity (Wildman–Crippen MR) is 45.9 cm³/mol. The fourth-order valence-corrected chi connectivity index (χ4v) is 2.39. The van der Waals surface area contributed by atoms with Crippen molar-refractivity contribution in [2.75, 3.05) is 5.21 Å². The second-order valence-electron chi connectivity index (χ2n) is 1.57. The first-order valence-electron chi connectivity index (χ1n) is 2.88. The molecule has 2 nitrogen and oxygen atoms in total. The van der Waals surface area contributed by atoms with Crippen molar-refractivity contribution in [3.8, 4) is 0 Å². The fraction of sp³-hybridized carbons (Fsp3) is 0.600. The highest BCUT2D eigenvalue weighted by atomic mass is 35.5. The van der Waals surface area contributed by atoms with Crippen LogP contribution in [0.2, 0.25) is 0 Å². The van der Waals surface area contributed by atoms with Gasteiger partial charge in [-0.3, -0.25) is 0 Å². The van der Waals surface area contributed by atoms with Crippen LogP contribution in [0.3, 0.4) is 0 Å². The van der Waals surface area contributed by atoms with Crippen molar-refractivity contribution >= 4 is 34.7 Å². The number of rotatable bonds is 3. The van der Waals surface area contributed by atoms with Crippen LogP contribution in [-0.2, 0) is 6.42 Å². The van der Waals surface area contributed by atoms with Crippen LogP contribution < -0.4 is 0 Å². The molecule has 0 radical (unpaired) electrons. The average molecular weight is 195 g/mol. The van der Waals surface area contributed by atoms with E-state index in [1.165, 1.54) is 11.8 Å². The molecule has 0 aliphatic rings. The lowest BCUT2D eigenvalue weighted by molar-refractivity contribution is 0.944. The minimum Gasteiger partial charge on any atom is -0.143 e. The van der Waals surface area contributed by atoms with E-state index in [1.807, 2.05) is 0 Å². The van der Waals surface area contributed by atoms with E-state index in [4.69, 9.17) is 11.6 Å². The zero-order valence-corrected chi connectivity index (χ0v) is 7.89. The zero-order chi connectivity index (χ0) is 7.40. The molecule has 0 fully saturated rings. The third-order valence-electron chi connectivity index (χ3n) is 0.929. The van der Waals surface area contributed by atoms with Gasteiger partial charge in [-0.25, -0.2) is 0 Å². The molecule has 0 aliphatic heterocycles. The molecule has 0 spiro atoms. The molecule has 1 rings (SSSR count). The number of hydrogen-bond acceptors (Lipinski definition) is 4. The summed E-state index contributed by atoms with van der Waals surface area (Å²) in [5.74, 6) is 0. The Labute approximate surface area is 73.0 Å². The Kier molecular flexibility index (Phi) is 3.45. The highest BCUT2D eigenvalue weighted by Crippen LogP contribution is 2.22. The Bertz CT molecular complexity index is 201. The van der Waals surface area contributed by atoms with Gasteiger partial charge < -0.3 is 0 Å². The van der Waals surface area contributed by atoms with Crippen LogP contribution in [0.5, 0.6) is 0 Å². The molecule has 0 amide bonds. The van der Waals surface area contributed by atoms with Crippen molar-refractivity contribution < 1.29 is 0 Å². The number of halogens is 1. The van der Waals surface area contributed by atoms with E-state index in [-0.39, 0.29) is 0 Å². The number of nitrogens with zero attached hydrogens (tertiary/aromatic N) is 2. The Morgan fingerprint density at radius 3 is 2.90 bits per heavy atom. The van der Waals surface area contributed by atoms with E-state index in [1.54, 1.807) is 11.3 Å². The normalized spacial score (nSPS) is 10.2. The number of aromatic nitrogens is 2. The molecule has 0 atom stereocenters. The van der Waals surface area contributed by atoms with Crippen LogP contribution in [0.25, 0.3) is 0 Å². The van der Waals surface area contributed by atoms with Gasteiger partial charge in [-0.1, -0.05) is 30.0 Å². The topological polar surface area (TPSA) is 25.8 Å². The summed E-state index contributed by atoms with van der Waals surface area (Å²) in [7, 11) is 0. The van der Waals surface area contributed by atoms with E-state index in [2.05, 4.69) is 17.1 Å². The summed E-state index contributed by atoms with van der Waals surface area (Å²) in [4.78, 5) is 0. The lowest BCUT2D eigenvalue weighted by Gasteiger charge is -1.82. The molecule has 0 saturated heterocycles. The SMILES string of the molecule is CCc1nnc(SCCl)s1. The molecule has 5 heteroatoms. The summed E-state index contributed by atoms with van der Waals surface area (Å²) in [6.45, 7) is 2.07. The van der Waals surface area contributed by atoms with Gasteiger partial charge in [-0.15, -0.1) is 21.8 Å². The molecule has 0 N–H and O–H groups in total. The van der Waals surface area contributed by atoms with E-state index in [0.717, 1.165) is 15.8 Å². The predicted octanol–water partition coefficient (Wildman–Crippen LogP) is 2.39. The minimum absolute atomic E-state index is 0.554. The van der Waals surface area contributed by atoms with Gasteiger partial charge in [-0.2, -0.15) is 0 Å². The Morgan fingerprint density at radius 2 is 2.40 bits per heavy atom. The zero-order valence-electron chi connectivity index (χ0n) is 5.50. The van der Waals surface area contributed by atoms with Crippen molar-refractivity contribution in [2.24, 2.45) is 0 Å². The molecule has 0 aliphatic carbocycles. The number of alkyl halides is 1. The van der Waals surface area contributed by atoms with Crippen LogP contribution in [0.1, 0.15) is 11.9 Å². The van der Waals surface area contributed by atoms with Gasteiger partial charge >= 0.3 is 0 Å². The number of thioether (sulfide) groups is 1. The lowest BCUT2D eigenvalue weighted by Crippen LogP contribution is -1.75. The molecule has 0 saturated carbocycles. The number of aryl methyl sites for hydroxylation is 1. The molecule has 10 heavy (non-hydrogen) atoms. The molecule has 1 aromatic rings. The van der Waals surface area contributed by atoms with Crippen LogP contribution in [0, 0.1) is 0 Å². The van der Waals surface area contributed by atoms with Crippen molar-refractivity contribution in [3.63, 3.8) is 0 Å². The van der Waals surface area contributed by atoms with Crippen LogP contribution in [-0.4, -0.2) is 15.4 Å². The molecule has 1 aromatic heterocycles. The summed E-state index contributed by atoms with van der Waals surface area (Å²) in [5.41, 5.74) is 0. The minimum atomic E-state index is 0.554. The van der Waals surface area contributed by atoms with Crippen LogP contribution in [0.15, 0.2) is 4.34 Å². The average Bonchev–Trinajstić information content (AvgIpc) is 2.37.